The molecule has 1 aromatic carbocycles. The molecule has 2 aromatic heterocycles. The van der Waals surface area contributed by atoms with Gasteiger partial charge in [-0.05, 0) is 44.4 Å². The summed E-state index contributed by atoms with van der Waals surface area (Å²) >= 11 is 0. The summed E-state index contributed by atoms with van der Waals surface area (Å²) in [6.45, 7) is 0.382. The molecule has 3 aromatic rings. The van der Waals surface area contributed by atoms with Gasteiger partial charge in [-0.15, -0.1) is 0 Å². The Labute approximate surface area is 165 Å². The molecule has 0 fully saturated rings. The minimum absolute atomic E-state index is 0.0446. The van der Waals surface area contributed by atoms with Crippen molar-refractivity contribution in [3.05, 3.63) is 65.7 Å². The van der Waals surface area contributed by atoms with Crippen molar-refractivity contribution >= 4 is 5.91 Å². The van der Waals surface area contributed by atoms with Crippen LogP contribution in [0.15, 0.2) is 48.9 Å². The van der Waals surface area contributed by atoms with Crippen LogP contribution in [0.5, 0.6) is 0 Å². The van der Waals surface area contributed by atoms with E-state index in [4.69, 9.17) is 0 Å². The zero-order valence-corrected chi connectivity index (χ0v) is 16.2. The van der Waals surface area contributed by atoms with Gasteiger partial charge in [-0.25, -0.2) is 4.68 Å². The molecule has 0 saturated carbocycles. The van der Waals surface area contributed by atoms with E-state index in [1.807, 2.05) is 32.2 Å². The molecular weight excluding hydrogens is 385 g/mol. The molecule has 0 aliphatic carbocycles. The van der Waals surface area contributed by atoms with Crippen LogP contribution >= 0.6 is 0 Å². The third kappa shape index (κ3) is 4.83. The molecule has 2 heterocycles. The molecule has 0 spiro atoms. The maximum atomic E-state index is 12.7. The smallest absolute Gasteiger partial charge is 0.350 e. The minimum Gasteiger partial charge on any atom is -0.350 e. The van der Waals surface area contributed by atoms with E-state index < -0.39 is 11.9 Å². The van der Waals surface area contributed by atoms with Crippen LogP contribution in [0.25, 0.3) is 5.69 Å². The Hall–Kier alpha value is -3.14. The third-order valence-corrected chi connectivity index (χ3v) is 4.46. The number of benzene rings is 1. The van der Waals surface area contributed by atoms with Gasteiger partial charge in [-0.1, -0.05) is 0 Å². The summed E-state index contributed by atoms with van der Waals surface area (Å²) in [5.74, 6) is -0.274. The molecule has 0 saturated heterocycles. The number of carbonyl (C=O) groups is 1. The zero-order chi connectivity index (χ0) is 21.2. The monoisotopic (exact) mass is 406 g/mol. The maximum Gasteiger partial charge on any atom is 0.435 e. The SMILES string of the molecule is CN(C)C(CNC(=O)c1ccc(-n2ccc(C(F)(F)F)n2)cc1)c1cnn(C)c1. The van der Waals surface area contributed by atoms with Crippen LogP contribution in [-0.2, 0) is 13.2 Å². The Morgan fingerprint density at radius 3 is 2.41 bits per heavy atom. The third-order valence-electron chi connectivity index (χ3n) is 4.46. The number of rotatable bonds is 6. The molecule has 1 amide bonds. The number of nitrogens with zero attached hydrogens (tertiary/aromatic N) is 5. The quantitative estimate of drug-likeness (QED) is 0.684. The average molecular weight is 406 g/mol. The largest absolute Gasteiger partial charge is 0.435 e. The summed E-state index contributed by atoms with van der Waals surface area (Å²) in [5.41, 5.74) is 0.843. The van der Waals surface area contributed by atoms with E-state index in [-0.39, 0.29) is 11.9 Å². The summed E-state index contributed by atoms with van der Waals surface area (Å²) in [4.78, 5) is 14.5. The number of hydrogen-bond donors (Lipinski definition) is 1. The van der Waals surface area contributed by atoms with Gasteiger partial charge in [0.25, 0.3) is 5.91 Å². The van der Waals surface area contributed by atoms with E-state index >= 15 is 0 Å². The van der Waals surface area contributed by atoms with E-state index in [0.29, 0.717) is 17.8 Å². The van der Waals surface area contributed by atoms with Crippen molar-refractivity contribution in [1.29, 1.82) is 0 Å². The van der Waals surface area contributed by atoms with Crippen molar-refractivity contribution in [3.63, 3.8) is 0 Å². The van der Waals surface area contributed by atoms with Crippen LogP contribution in [0, 0.1) is 0 Å². The van der Waals surface area contributed by atoms with Crippen LogP contribution in [-0.4, -0.2) is 51.0 Å². The molecule has 154 valence electrons. The van der Waals surface area contributed by atoms with Crippen LogP contribution in [0.1, 0.15) is 27.7 Å². The van der Waals surface area contributed by atoms with E-state index in [2.05, 4.69) is 15.5 Å². The number of aromatic nitrogens is 4. The van der Waals surface area contributed by atoms with Gasteiger partial charge in [-0.3, -0.25) is 9.48 Å². The Bertz CT molecular complexity index is 974. The van der Waals surface area contributed by atoms with Gasteiger partial charge in [0.1, 0.15) is 0 Å². The average Bonchev–Trinajstić information content (AvgIpc) is 3.31. The summed E-state index contributed by atoms with van der Waals surface area (Å²) in [7, 11) is 5.66. The second-order valence-corrected chi connectivity index (χ2v) is 6.83. The first-order valence-corrected chi connectivity index (χ1v) is 8.81. The van der Waals surface area contributed by atoms with Crippen LogP contribution in [0.4, 0.5) is 13.2 Å². The van der Waals surface area contributed by atoms with Crippen LogP contribution in [0.3, 0.4) is 0 Å². The van der Waals surface area contributed by atoms with Gasteiger partial charge in [0, 0.05) is 37.1 Å². The van der Waals surface area contributed by atoms with E-state index in [0.717, 1.165) is 16.3 Å². The zero-order valence-electron chi connectivity index (χ0n) is 16.2. The number of aryl methyl sites for hydroxylation is 1. The standard InChI is InChI=1S/C19H21F3N6O/c1-26(2)16(14-10-24-27(3)12-14)11-23-18(29)13-4-6-15(7-5-13)28-9-8-17(25-28)19(20,21)22/h4-10,12,16H,11H2,1-3H3,(H,23,29). The highest BCUT2D eigenvalue weighted by atomic mass is 19.4. The van der Waals surface area contributed by atoms with Gasteiger partial charge >= 0.3 is 6.18 Å². The first-order valence-electron chi connectivity index (χ1n) is 8.81. The number of likely N-dealkylation sites (N-methyl/N-ethyl adjacent to an activating group) is 1. The lowest BCUT2D eigenvalue weighted by Crippen LogP contribution is -2.34. The molecule has 1 N–H and O–H groups in total. The predicted molar refractivity (Wildman–Crippen MR) is 101 cm³/mol. The van der Waals surface area contributed by atoms with Gasteiger partial charge in [0.2, 0.25) is 0 Å². The molecular formula is C19H21F3N6O. The molecule has 0 aliphatic heterocycles. The molecule has 1 unspecified atom stereocenters. The molecule has 0 radical (unpaired) electrons. The van der Waals surface area contributed by atoms with Crippen molar-refractivity contribution in [2.24, 2.45) is 7.05 Å². The Morgan fingerprint density at radius 1 is 1.21 bits per heavy atom. The van der Waals surface area contributed by atoms with Crippen LogP contribution < -0.4 is 5.32 Å². The molecule has 0 aliphatic rings. The van der Waals surface area contributed by atoms with Crippen molar-refractivity contribution in [3.8, 4) is 5.69 Å². The highest BCUT2D eigenvalue weighted by molar-refractivity contribution is 5.94. The fourth-order valence-corrected chi connectivity index (χ4v) is 2.89. The fourth-order valence-electron chi connectivity index (χ4n) is 2.89. The van der Waals surface area contributed by atoms with E-state index in [9.17, 15) is 18.0 Å². The summed E-state index contributed by atoms with van der Waals surface area (Å²) in [5, 5.41) is 10.6. The summed E-state index contributed by atoms with van der Waals surface area (Å²) < 4.78 is 40.9. The number of nitrogens with one attached hydrogen (secondary N) is 1. The Morgan fingerprint density at radius 2 is 1.90 bits per heavy atom. The normalized spacial score (nSPS) is 12.9. The van der Waals surface area contributed by atoms with Gasteiger partial charge in [-0.2, -0.15) is 23.4 Å². The van der Waals surface area contributed by atoms with Crippen molar-refractivity contribution in [2.45, 2.75) is 12.2 Å². The van der Waals surface area contributed by atoms with Crippen molar-refractivity contribution < 1.29 is 18.0 Å². The minimum atomic E-state index is -4.50. The molecule has 0 bridgehead atoms. The molecule has 1 atom stereocenters. The van der Waals surface area contributed by atoms with Gasteiger partial charge in [0.05, 0.1) is 17.9 Å². The molecule has 3 rings (SSSR count). The Balaban J connectivity index is 1.66. The first-order chi connectivity index (χ1) is 13.6. The topological polar surface area (TPSA) is 68.0 Å². The number of hydrogen-bond acceptors (Lipinski definition) is 4. The van der Waals surface area contributed by atoms with E-state index in [1.54, 1.807) is 35.1 Å². The number of carbonyl (C=O) groups excluding carboxylic acids is 1. The number of halogens is 3. The lowest BCUT2D eigenvalue weighted by molar-refractivity contribution is -0.141. The lowest BCUT2D eigenvalue weighted by Gasteiger charge is -2.23. The maximum absolute atomic E-state index is 12.7. The van der Waals surface area contributed by atoms with E-state index in [1.165, 1.54) is 6.20 Å². The second kappa shape index (κ2) is 8.08. The fraction of sp³-hybridized carbons (Fsp3) is 0.316. The summed E-state index contributed by atoms with van der Waals surface area (Å²) in [6.07, 6.45) is 0.381. The van der Waals surface area contributed by atoms with Gasteiger partial charge < -0.3 is 10.2 Å². The molecule has 7 nitrogen and oxygen atoms in total. The molecule has 10 heteroatoms. The summed E-state index contributed by atoms with van der Waals surface area (Å²) in [6, 6.07) is 7.05. The number of alkyl halides is 3. The highest BCUT2D eigenvalue weighted by Crippen LogP contribution is 2.27. The lowest BCUT2D eigenvalue weighted by atomic mass is 10.1. The second-order valence-electron chi connectivity index (χ2n) is 6.83. The van der Waals surface area contributed by atoms with Crippen LogP contribution in [0.2, 0.25) is 0 Å². The highest BCUT2D eigenvalue weighted by Gasteiger charge is 2.33. The first kappa shape index (κ1) is 20.6. The van der Waals surface area contributed by atoms with Crippen molar-refractivity contribution in [1.82, 2.24) is 29.8 Å². The van der Waals surface area contributed by atoms with Gasteiger partial charge in [0.15, 0.2) is 5.69 Å². The van der Waals surface area contributed by atoms with Crippen molar-refractivity contribution in [2.75, 3.05) is 20.6 Å². The molecule has 29 heavy (non-hydrogen) atoms. The number of amides is 1. The predicted octanol–water partition coefficient (Wildman–Crippen LogP) is 2.66. The Kier molecular flexibility index (Phi) is 5.73.